The summed E-state index contributed by atoms with van der Waals surface area (Å²) in [4.78, 5) is 28.8. The summed E-state index contributed by atoms with van der Waals surface area (Å²) in [7, 11) is 3.17. The molecule has 0 aliphatic rings. The number of carbonyl (C=O) groups excluding carboxylic acids is 2. The lowest BCUT2D eigenvalue weighted by Crippen LogP contribution is -2.14. The Labute approximate surface area is 182 Å². The van der Waals surface area contributed by atoms with Crippen molar-refractivity contribution in [2.45, 2.75) is 5.75 Å². The van der Waals surface area contributed by atoms with Crippen molar-refractivity contribution in [1.82, 2.24) is 4.98 Å². The van der Waals surface area contributed by atoms with Crippen molar-refractivity contribution in [2.75, 3.05) is 30.6 Å². The number of rotatable bonds is 9. The molecule has 2 aromatic carbocycles. The smallest absolute Gasteiger partial charge is 0.257 e. The van der Waals surface area contributed by atoms with Crippen molar-refractivity contribution in [1.29, 1.82) is 0 Å². The molecule has 0 spiro atoms. The van der Waals surface area contributed by atoms with E-state index >= 15 is 0 Å². The van der Waals surface area contributed by atoms with E-state index in [1.54, 1.807) is 62.8 Å². The number of aromatic nitrogens is 1. The average Bonchev–Trinajstić information content (AvgIpc) is 3.21. The Hall–Kier alpha value is -3.04. The first-order valence-electron chi connectivity index (χ1n) is 8.99. The maximum atomic E-state index is 12.3. The van der Waals surface area contributed by atoms with Crippen LogP contribution >= 0.6 is 23.1 Å². The molecule has 2 N–H and O–H groups in total. The molecule has 30 heavy (non-hydrogen) atoms. The third-order valence-electron chi connectivity index (χ3n) is 3.98. The summed E-state index contributed by atoms with van der Waals surface area (Å²) in [6, 6.07) is 14.0. The van der Waals surface area contributed by atoms with Crippen LogP contribution in [0.15, 0.2) is 53.9 Å². The van der Waals surface area contributed by atoms with Crippen LogP contribution in [0.2, 0.25) is 0 Å². The molecule has 7 nitrogen and oxygen atoms in total. The Bertz CT molecular complexity index is 988. The second kappa shape index (κ2) is 10.7. The molecular formula is C21H21N3O4S2. The van der Waals surface area contributed by atoms with Crippen molar-refractivity contribution < 1.29 is 19.1 Å². The largest absolute Gasteiger partial charge is 0.497 e. The van der Waals surface area contributed by atoms with E-state index < -0.39 is 0 Å². The zero-order valence-electron chi connectivity index (χ0n) is 16.5. The van der Waals surface area contributed by atoms with Crippen molar-refractivity contribution in [3.63, 3.8) is 0 Å². The molecular weight excluding hydrogens is 422 g/mol. The lowest BCUT2D eigenvalue weighted by atomic mass is 10.2. The van der Waals surface area contributed by atoms with E-state index in [9.17, 15) is 9.59 Å². The van der Waals surface area contributed by atoms with E-state index in [0.717, 1.165) is 17.1 Å². The number of anilines is 2. The van der Waals surface area contributed by atoms with Crippen molar-refractivity contribution >= 4 is 45.7 Å². The topological polar surface area (TPSA) is 89.6 Å². The highest BCUT2D eigenvalue weighted by Crippen LogP contribution is 2.21. The van der Waals surface area contributed by atoms with Gasteiger partial charge in [-0.3, -0.25) is 14.9 Å². The van der Waals surface area contributed by atoms with Gasteiger partial charge >= 0.3 is 0 Å². The molecule has 2 amide bonds. The van der Waals surface area contributed by atoms with E-state index in [2.05, 4.69) is 15.6 Å². The molecule has 156 valence electrons. The fraction of sp³-hybridized carbons (Fsp3) is 0.190. The molecule has 0 bridgehead atoms. The summed E-state index contributed by atoms with van der Waals surface area (Å²) in [6.07, 6.45) is 0. The molecule has 0 aliphatic carbocycles. The monoisotopic (exact) mass is 443 g/mol. The van der Waals surface area contributed by atoms with Crippen molar-refractivity contribution in [2.24, 2.45) is 0 Å². The van der Waals surface area contributed by atoms with Crippen LogP contribution in [0.5, 0.6) is 11.5 Å². The van der Waals surface area contributed by atoms with Crippen LogP contribution < -0.4 is 20.1 Å². The molecule has 0 radical (unpaired) electrons. The number of hydrogen-bond donors (Lipinski definition) is 2. The van der Waals surface area contributed by atoms with Crippen LogP contribution in [0.3, 0.4) is 0 Å². The highest BCUT2D eigenvalue weighted by Gasteiger charge is 2.10. The van der Waals surface area contributed by atoms with Crippen molar-refractivity contribution in [3.05, 3.63) is 65.2 Å². The van der Waals surface area contributed by atoms with Gasteiger partial charge in [0.25, 0.3) is 5.91 Å². The molecule has 0 saturated carbocycles. The van der Waals surface area contributed by atoms with Crippen LogP contribution in [0.25, 0.3) is 0 Å². The van der Waals surface area contributed by atoms with Crippen LogP contribution in [-0.2, 0) is 10.5 Å². The first-order valence-corrected chi connectivity index (χ1v) is 11.0. The minimum atomic E-state index is -0.231. The van der Waals surface area contributed by atoms with Gasteiger partial charge in [-0.1, -0.05) is 0 Å². The predicted octanol–water partition coefficient (Wildman–Crippen LogP) is 4.28. The number of benzene rings is 2. The zero-order valence-corrected chi connectivity index (χ0v) is 18.1. The Morgan fingerprint density at radius 3 is 2.23 bits per heavy atom. The minimum absolute atomic E-state index is 0.0894. The third kappa shape index (κ3) is 6.23. The minimum Gasteiger partial charge on any atom is -0.497 e. The van der Waals surface area contributed by atoms with Gasteiger partial charge in [0.1, 0.15) is 11.5 Å². The van der Waals surface area contributed by atoms with Crippen LogP contribution in [0.4, 0.5) is 10.8 Å². The van der Waals surface area contributed by atoms with Gasteiger partial charge in [0.15, 0.2) is 5.13 Å². The molecule has 3 aromatic rings. The average molecular weight is 444 g/mol. The highest BCUT2D eigenvalue weighted by molar-refractivity contribution is 7.99. The highest BCUT2D eigenvalue weighted by atomic mass is 32.2. The van der Waals surface area contributed by atoms with Crippen LogP contribution in [0.1, 0.15) is 16.1 Å². The lowest BCUT2D eigenvalue weighted by molar-refractivity contribution is -0.113. The molecule has 0 saturated heterocycles. The fourth-order valence-electron chi connectivity index (χ4n) is 2.46. The maximum Gasteiger partial charge on any atom is 0.257 e. The van der Waals surface area contributed by atoms with Gasteiger partial charge in [-0.2, -0.15) is 0 Å². The molecule has 0 atom stereocenters. The number of thioether (sulfide) groups is 1. The summed E-state index contributed by atoms with van der Waals surface area (Å²) >= 11 is 2.81. The van der Waals surface area contributed by atoms with Crippen LogP contribution in [-0.4, -0.2) is 36.8 Å². The number of methoxy groups -OCH3 is 2. The molecule has 0 fully saturated rings. The van der Waals surface area contributed by atoms with Gasteiger partial charge in [-0.05, 0) is 48.5 Å². The second-order valence-electron chi connectivity index (χ2n) is 6.10. The molecule has 1 heterocycles. The molecule has 9 heteroatoms. The van der Waals surface area contributed by atoms with Gasteiger partial charge in [-0.15, -0.1) is 23.1 Å². The molecule has 1 aromatic heterocycles. The summed E-state index contributed by atoms with van der Waals surface area (Å²) < 4.78 is 10.2. The van der Waals surface area contributed by atoms with Gasteiger partial charge in [-0.25, -0.2) is 4.98 Å². The number of nitrogens with zero attached hydrogens (tertiary/aromatic N) is 1. The standard InChI is InChI=1S/C21H21N3O4S2/c1-27-17-7-3-14(4-8-17)20(26)24-21-23-16(12-30-21)11-29-13-19(25)22-15-5-9-18(28-2)10-6-15/h3-10,12H,11,13H2,1-2H3,(H,22,25)(H,23,24,26). The Balaban J connectivity index is 1.43. The van der Waals surface area contributed by atoms with E-state index in [0.29, 0.717) is 28.0 Å². The summed E-state index contributed by atoms with van der Waals surface area (Å²) in [5.74, 6) is 1.98. The van der Waals surface area contributed by atoms with Crippen LogP contribution in [0, 0.1) is 0 Å². The summed E-state index contributed by atoms with van der Waals surface area (Å²) in [6.45, 7) is 0. The number of hydrogen-bond acceptors (Lipinski definition) is 7. The van der Waals surface area contributed by atoms with E-state index in [1.165, 1.54) is 23.1 Å². The number of nitrogens with one attached hydrogen (secondary N) is 2. The first-order chi connectivity index (χ1) is 14.6. The second-order valence-corrected chi connectivity index (χ2v) is 7.94. The van der Waals surface area contributed by atoms with E-state index in [1.807, 2.05) is 5.38 Å². The predicted molar refractivity (Wildman–Crippen MR) is 121 cm³/mol. The Kier molecular flexibility index (Phi) is 7.69. The lowest BCUT2D eigenvalue weighted by Gasteiger charge is -2.06. The van der Waals surface area contributed by atoms with E-state index in [4.69, 9.17) is 9.47 Å². The maximum absolute atomic E-state index is 12.3. The number of thiazole rings is 1. The van der Waals surface area contributed by atoms with Crippen molar-refractivity contribution in [3.8, 4) is 11.5 Å². The fourth-order valence-corrected chi connectivity index (χ4v) is 3.99. The summed E-state index contributed by atoms with van der Waals surface area (Å²) in [5, 5.41) is 8.02. The van der Waals surface area contributed by atoms with Gasteiger partial charge in [0, 0.05) is 22.4 Å². The van der Waals surface area contributed by atoms with Gasteiger partial charge in [0.05, 0.1) is 25.7 Å². The Morgan fingerprint density at radius 1 is 0.967 bits per heavy atom. The molecule has 3 rings (SSSR count). The number of ether oxygens (including phenoxy) is 2. The third-order valence-corrected chi connectivity index (χ3v) is 5.75. The zero-order chi connectivity index (χ0) is 21.3. The normalized spacial score (nSPS) is 10.3. The Morgan fingerprint density at radius 2 is 1.60 bits per heavy atom. The summed E-state index contributed by atoms with van der Waals surface area (Å²) in [5.41, 5.74) is 2.06. The molecule has 0 unspecified atom stereocenters. The quantitative estimate of drug-likeness (QED) is 0.513. The molecule has 0 aliphatic heterocycles. The number of carbonyl (C=O) groups is 2. The first kappa shape index (κ1) is 21.7. The van der Waals surface area contributed by atoms with Gasteiger partial charge in [0.2, 0.25) is 5.91 Å². The van der Waals surface area contributed by atoms with Gasteiger partial charge < -0.3 is 14.8 Å². The van der Waals surface area contributed by atoms with E-state index in [-0.39, 0.29) is 11.8 Å². The SMILES string of the molecule is COc1ccc(NC(=O)CSCc2csc(NC(=O)c3ccc(OC)cc3)n2)cc1. The number of amides is 2.